The third-order valence-corrected chi connectivity index (χ3v) is 1.20. The van der Waals surface area contributed by atoms with Gasteiger partial charge in [-0.2, -0.15) is 0 Å². The molecular weight excluding hydrogens is 100 g/mol. The van der Waals surface area contributed by atoms with Gasteiger partial charge in [0.15, 0.2) is 0 Å². The minimum absolute atomic E-state index is 0.458. The van der Waals surface area contributed by atoms with E-state index < -0.39 is 0 Å². The van der Waals surface area contributed by atoms with Crippen LogP contribution in [0.15, 0.2) is 12.3 Å². The fourth-order valence-corrected chi connectivity index (χ4v) is 0.766. The molecule has 1 aliphatic heterocycles. The lowest BCUT2D eigenvalue weighted by atomic mass is 10.1. The predicted octanol–water partition coefficient (Wildman–Crippen LogP) is 1.99. The first-order valence-electron chi connectivity index (χ1n) is 3.01. The van der Waals surface area contributed by atoms with Gasteiger partial charge in [-0.1, -0.05) is 13.3 Å². The maximum absolute atomic E-state index is 4.78. The van der Waals surface area contributed by atoms with Gasteiger partial charge in [-0.3, -0.25) is 0 Å². The van der Waals surface area contributed by atoms with Crippen molar-refractivity contribution in [2.45, 2.75) is 19.8 Å². The van der Waals surface area contributed by atoms with Crippen LogP contribution in [0.4, 0.5) is 0 Å². The van der Waals surface area contributed by atoms with E-state index in [2.05, 4.69) is 13.5 Å². The lowest BCUT2D eigenvalue weighted by Crippen LogP contribution is -1.90. The summed E-state index contributed by atoms with van der Waals surface area (Å²) in [7, 11) is 0. The monoisotopic (exact) mass is 110 g/mol. The van der Waals surface area contributed by atoms with E-state index in [-0.39, 0.29) is 0 Å². The second-order valence-electron chi connectivity index (χ2n) is 1.96. The molecule has 0 fully saturated rings. The predicted molar refractivity (Wildman–Crippen MR) is 31.9 cm³/mol. The molecule has 1 atom stereocenters. The van der Waals surface area contributed by atoms with Crippen LogP contribution in [0.3, 0.4) is 0 Å². The molecule has 1 heteroatoms. The summed E-state index contributed by atoms with van der Waals surface area (Å²) < 4.78 is 4.78. The molecule has 1 rings (SSSR count). The highest BCUT2D eigenvalue weighted by Gasteiger charge is 2.09. The molecule has 0 saturated carbocycles. The quantitative estimate of drug-likeness (QED) is 0.528. The van der Waals surface area contributed by atoms with Crippen molar-refractivity contribution in [3.8, 4) is 0 Å². The van der Waals surface area contributed by atoms with Gasteiger partial charge in [0.1, 0.15) is 0 Å². The van der Waals surface area contributed by atoms with E-state index in [4.69, 9.17) is 4.74 Å². The Morgan fingerprint density at radius 3 is 3.12 bits per heavy atom. The van der Waals surface area contributed by atoms with E-state index in [9.17, 15) is 0 Å². The van der Waals surface area contributed by atoms with Gasteiger partial charge in [0.2, 0.25) is 6.61 Å². The van der Waals surface area contributed by atoms with Crippen molar-refractivity contribution in [1.29, 1.82) is 0 Å². The summed E-state index contributed by atoms with van der Waals surface area (Å²) in [5, 5.41) is 0. The molecule has 1 heterocycles. The van der Waals surface area contributed by atoms with E-state index in [0.717, 1.165) is 6.42 Å². The van der Waals surface area contributed by atoms with Crippen molar-refractivity contribution < 1.29 is 4.74 Å². The molecule has 0 bridgehead atoms. The SMILES string of the molecule is CCCC1[C]OC=C1. The van der Waals surface area contributed by atoms with E-state index in [1.807, 2.05) is 6.08 Å². The van der Waals surface area contributed by atoms with E-state index >= 15 is 0 Å². The highest BCUT2D eigenvalue weighted by molar-refractivity contribution is 4.94. The van der Waals surface area contributed by atoms with Gasteiger partial charge >= 0.3 is 0 Å². The highest BCUT2D eigenvalue weighted by Crippen LogP contribution is 2.17. The molecule has 44 valence electrons. The number of hydrogen-bond donors (Lipinski definition) is 0. The van der Waals surface area contributed by atoms with Crippen molar-refractivity contribution in [3.63, 3.8) is 0 Å². The lowest BCUT2D eigenvalue weighted by Gasteiger charge is -1.98. The van der Waals surface area contributed by atoms with Crippen LogP contribution in [0.2, 0.25) is 0 Å². The van der Waals surface area contributed by atoms with Crippen molar-refractivity contribution in [1.82, 2.24) is 0 Å². The first-order valence-corrected chi connectivity index (χ1v) is 3.01. The van der Waals surface area contributed by atoms with Crippen LogP contribution in [0.25, 0.3) is 0 Å². The first-order chi connectivity index (χ1) is 3.93. The summed E-state index contributed by atoms with van der Waals surface area (Å²) in [5.41, 5.74) is 0. The maximum Gasteiger partial charge on any atom is 0.202 e. The molecular formula is C7H10O. The summed E-state index contributed by atoms with van der Waals surface area (Å²) in [5.74, 6) is 0.458. The molecule has 1 nitrogen and oxygen atoms in total. The Morgan fingerprint density at radius 2 is 2.62 bits per heavy atom. The number of ether oxygens (including phenoxy) is 1. The van der Waals surface area contributed by atoms with Crippen LogP contribution in [0, 0.1) is 12.5 Å². The van der Waals surface area contributed by atoms with E-state index in [1.54, 1.807) is 6.26 Å². The summed E-state index contributed by atoms with van der Waals surface area (Å²) >= 11 is 0. The second kappa shape index (κ2) is 2.75. The summed E-state index contributed by atoms with van der Waals surface area (Å²) in [6.45, 7) is 5.01. The maximum atomic E-state index is 4.78. The average Bonchev–Trinajstić information content (AvgIpc) is 2.19. The van der Waals surface area contributed by atoms with Crippen molar-refractivity contribution in [2.24, 2.45) is 5.92 Å². The second-order valence-corrected chi connectivity index (χ2v) is 1.96. The summed E-state index contributed by atoms with van der Waals surface area (Å²) in [6, 6.07) is 0. The van der Waals surface area contributed by atoms with Crippen LogP contribution in [-0.4, -0.2) is 0 Å². The normalized spacial score (nSPS) is 25.9. The van der Waals surface area contributed by atoms with Crippen LogP contribution in [0.1, 0.15) is 19.8 Å². The van der Waals surface area contributed by atoms with Crippen molar-refractivity contribution in [3.05, 3.63) is 18.9 Å². The molecule has 8 heavy (non-hydrogen) atoms. The Morgan fingerprint density at radius 1 is 1.75 bits per heavy atom. The Hall–Kier alpha value is -0.460. The number of rotatable bonds is 2. The molecule has 1 unspecified atom stereocenters. The molecule has 0 N–H and O–H groups in total. The van der Waals surface area contributed by atoms with Crippen molar-refractivity contribution in [2.75, 3.05) is 0 Å². The van der Waals surface area contributed by atoms with Gasteiger partial charge in [-0.15, -0.1) is 0 Å². The summed E-state index contributed by atoms with van der Waals surface area (Å²) in [4.78, 5) is 0. The zero-order valence-corrected chi connectivity index (χ0v) is 5.05. The minimum atomic E-state index is 0.458. The fraction of sp³-hybridized carbons (Fsp3) is 0.571. The van der Waals surface area contributed by atoms with Crippen LogP contribution in [-0.2, 0) is 4.74 Å². The van der Waals surface area contributed by atoms with Gasteiger partial charge < -0.3 is 4.74 Å². The lowest BCUT2D eigenvalue weighted by molar-refractivity contribution is 0.324. The van der Waals surface area contributed by atoms with Gasteiger partial charge in [-0.25, -0.2) is 0 Å². The zero-order valence-electron chi connectivity index (χ0n) is 5.05. The zero-order chi connectivity index (χ0) is 5.82. The van der Waals surface area contributed by atoms with E-state index in [0.29, 0.717) is 5.92 Å². The third kappa shape index (κ3) is 1.25. The Labute approximate surface area is 50.3 Å². The average molecular weight is 110 g/mol. The van der Waals surface area contributed by atoms with Gasteiger partial charge in [0.25, 0.3) is 0 Å². The Balaban J connectivity index is 2.16. The van der Waals surface area contributed by atoms with Crippen LogP contribution >= 0.6 is 0 Å². The molecule has 1 aliphatic rings. The van der Waals surface area contributed by atoms with Crippen LogP contribution in [0.5, 0.6) is 0 Å². The topological polar surface area (TPSA) is 9.23 Å². The first kappa shape index (κ1) is 5.67. The largest absolute Gasteiger partial charge is 0.486 e. The van der Waals surface area contributed by atoms with Gasteiger partial charge in [0.05, 0.1) is 6.26 Å². The standard InChI is InChI=1S/C7H10O/c1-2-3-7-4-5-8-6-7/h4-5,7H,2-3H2,1H3. The molecule has 0 aromatic heterocycles. The van der Waals surface area contributed by atoms with Crippen LogP contribution < -0.4 is 0 Å². The molecule has 0 aromatic rings. The smallest absolute Gasteiger partial charge is 0.202 e. The molecule has 2 radical (unpaired) electrons. The Kier molecular flexibility index (Phi) is 1.95. The van der Waals surface area contributed by atoms with Gasteiger partial charge in [-0.05, 0) is 12.5 Å². The number of hydrogen-bond acceptors (Lipinski definition) is 1. The van der Waals surface area contributed by atoms with E-state index in [1.165, 1.54) is 6.42 Å². The highest BCUT2D eigenvalue weighted by atomic mass is 16.5. The molecule has 0 saturated heterocycles. The molecule has 0 spiro atoms. The molecule has 0 aliphatic carbocycles. The molecule has 0 amide bonds. The van der Waals surface area contributed by atoms with Crippen molar-refractivity contribution >= 4 is 0 Å². The third-order valence-electron chi connectivity index (χ3n) is 1.20. The fourth-order valence-electron chi connectivity index (χ4n) is 0.766. The Bertz CT molecular complexity index is 86.4. The summed E-state index contributed by atoms with van der Waals surface area (Å²) in [6.07, 6.45) is 6.09. The van der Waals surface area contributed by atoms with Gasteiger partial charge in [0, 0.05) is 5.92 Å². The molecule has 0 aromatic carbocycles. The minimum Gasteiger partial charge on any atom is -0.486 e.